The lowest BCUT2D eigenvalue weighted by Gasteiger charge is -2.31. The highest BCUT2D eigenvalue weighted by molar-refractivity contribution is 7.89. The SMILES string of the molecule is Cc1ccc([C@@H](C)NC(=O)C2CCN(S(=O)(=O)c3ccc(Cl)cc3)CC2)cc1C. The molecule has 156 valence electrons. The lowest BCUT2D eigenvalue weighted by Crippen LogP contribution is -2.43. The van der Waals surface area contributed by atoms with Gasteiger partial charge >= 0.3 is 0 Å². The van der Waals surface area contributed by atoms with Crippen molar-refractivity contribution < 1.29 is 13.2 Å². The van der Waals surface area contributed by atoms with Crippen LogP contribution in [0.5, 0.6) is 0 Å². The van der Waals surface area contributed by atoms with E-state index in [9.17, 15) is 13.2 Å². The largest absolute Gasteiger partial charge is 0.349 e. The van der Waals surface area contributed by atoms with Gasteiger partial charge in [0, 0.05) is 24.0 Å². The molecule has 2 aromatic rings. The Labute approximate surface area is 178 Å². The zero-order chi connectivity index (χ0) is 21.2. The number of amides is 1. The Kier molecular flexibility index (Phi) is 6.66. The molecule has 0 saturated carbocycles. The van der Waals surface area contributed by atoms with Crippen LogP contribution < -0.4 is 5.32 Å². The van der Waals surface area contributed by atoms with Crippen LogP contribution in [0.15, 0.2) is 47.4 Å². The Bertz CT molecular complexity index is 982. The second-order valence-electron chi connectivity index (χ2n) is 7.71. The molecule has 0 unspecified atom stereocenters. The summed E-state index contributed by atoms with van der Waals surface area (Å²) in [5, 5.41) is 3.58. The third-order valence-corrected chi connectivity index (χ3v) is 7.83. The van der Waals surface area contributed by atoms with Gasteiger partial charge in [0.25, 0.3) is 0 Å². The van der Waals surface area contributed by atoms with Gasteiger partial charge in [-0.1, -0.05) is 29.8 Å². The average molecular weight is 435 g/mol. The van der Waals surface area contributed by atoms with Crippen LogP contribution >= 0.6 is 11.6 Å². The zero-order valence-electron chi connectivity index (χ0n) is 17.0. The van der Waals surface area contributed by atoms with Crippen molar-refractivity contribution in [3.63, 3.8) is 0 Å². The Morgan fingerprint density at radius 3 is 2.28 bits per heavy atom. The van der Waals surface area contributed by atoms with E-state index in [1.54, 1.807) is 12.1 Å². The van der Waals surface area contributed by atoms with Gasteiger partial charge in [-0.25, -0.2) is 8.42 Å². The summed E-state index contributed by atoms with van der Waals surface area (Å²) >= 11 is 5.85. The molecule has 3 rings (SSSR count). The number of halogens is 1. The van der Waals surface area contributed by atoms with Crippen molar-refractivity contribution in [2.24, 2.45) is 5.92 Å². The van der Waals surface area contributed by atoms with Crippen molar-refractivity contribution in [2.75, 3.05) is 13.1 Å². The van der Waals surface area contributed by atoms with Crippen LogP contribution in [0.1, 0.15) is 42.5 Å². The maximum atomic E-state index is 12.8. The highest BCUT2D eigenvalue weighted by atomic mass is 35.5. The van der Waals surface area contributed by atoms with Crippen molar-refractivity contribution >= 4 is 27.5 Å². The minimum absolute atomic E-state index is 0.0146. The van der Waals surface area contributed by atoms with E-state index in [0.29, 0.717) is 31.0 Å². The van der Waals surface area contributed by atoms with E-state index in [1.807, 2.05) is 13.0 Å². The van der Waals surface area contributed by atoms with E-state index < -0.39 is 10.0 Å². The van der Waals surface area contributed by atoms with Crippen LogP contribution in [0, 0.1) is 19.8 Å². The molecule has 1 aliphatic heterocycles. The summed E-state index contributed by atoms with van der Waals surface area (Å²) in [5.41, 5.74) is 3.50. The molecule has 29 heavy (non-hydrogen) atoms. The normalized spacial score (nSPS) is 17.1. The van der Waals surface area contributed by atoms with Gasteiger partial charge in [0.2, 0.25) is 15.9 Å². The molecule has 1 N–H and O–H groups in total. The first-order chi connectivity index (χ1) is 13.7. The van der Waals surface area contributed by atoms with Crippen molar-refractivity contribution in [3.8, 4) is 0 Å². The smallest absolute Gasteiger partial charge is 0.243 e. The molecule has 0 aliphatic carbocycles. The molecular weight excluding hydrogens is 408 g/mol. The number of hydrogen-bond acceptors (Lipinski definition) is 3. The molecule has 1 amide bonds. The molecule has 1 heterocycles. The fourth-order valence-corrected chi connectivity index (χ4v) is 5.16. The number of piperidine rings is 1. The lowest BCUT2D eigenvalue weighted by atomic mass is 9.96. The summed E-state index contributed by atoms with van der Waals surface area (Å²) in [6, 6.07) is 12.3. The highest BCUT2D eigenvalue weighted by Crippen LogP contribution is 2.26. The Balaban J connectivity index is 1.59. The van der Waals surface area contributed by atoms with Gasteiger partial charge in [0.15, 0.2) is 0 Å². The summed E-state index contributed by atoms with van der Waals surface area (Å²) in [6.45, 7) is 6.77. The summed E-state index contributed by atoms with van der Waals surface area (Å²) < 4.78 is 27.0. The van der Waals surface area contributed by atoms with E-state index >= 15 is 0 Å². The first kappa shape index (κ1) is 21.8. The third-order valence-electron chi connectivity index (χ3n) is 5.67. The number of nitrogens with zero attached hydrogens (tertiary/aromatic N) is 1. The minimum atomic E-state index is -3.56. The van der Waals surface area contributed by atoms with E-state index in [2.05, 4.69) is 31.3 Å². The van der Waals surface area contributed by atoms with Gasteiger partial charge in [-0.2, -0.15) is 4.31 Å². The van der Waals surface area contributed by atoms with E-state index in [-0.39, 0.29) is 22.8 Å². The molecule has 7 heteroatoms. The summed E-state index contributed by atoms with van der Waals surface area (Å²) in [4.78, 5) is 12.9. The van der Waals surface area contributed by atoms with Gasteiger partial charge in [0.05, 0.1) is 10.9 Å². The van der Waals surface area contributed by atoms with Crippen LogP contribution in [0.3, 0.4) is 0 Å². The molecule has 1 fully saturated rings. The first-order valence-corrected chi connectivity index (χ1v) is 11.6. The quantitative estimate of drug-likeness (QED) is 0.765. The molecule has 0 aromatic heterocycles. The molecule has 1 aliphatic rings. The monoisotopic (exact) mass is 434 g/mol. The number of aryl methyl sites for hydroxylation is 2. The van der Waals surface area contributed by atoms with Gasteiger partial charge in [-0.3, -0.25) is 4.79 Å². The van der Waals surface area contributed by atoms with Crippen LogP contribution in [-0.4, -0.2) is 31.7 Å². The van der Waals surface area contributed by atoms with Crippen LogP contribution in [-0.2, 0) is 14.8 Å². The summed E-state index contributed by atoms with van der Waals surface area (Å²) in [7, 11) is -3.56. The van der Waals surface area contributed by atoms with E-state index in [4.69, 9.17) is 11.6 Å². The second kappa shape index (κ2) is 8.86. The topological polar surface area (TPSA) is 66.5 Å². The number of carbonyl (C=O) groups excluding carboxylic acids is 1. The van der Waals surface area contributed by atoms with Crippen LogP contribution in [0.25, 0.3) is 0 Å². The predicted octanol–water partition coefficient (Wildman–Crippen LogP) is 4.23. The molecule has 1 saturated heterocycles. The molecule has 1 atom stereocenters. The Morgan fingerprint density at radius 1 is 1.07 bits per heavy atom. The molecule has 0 spiro atoms. The maximum Gasteiger partial charge on any atom is 0.243 e. The van der Waals surface area contributed by atoms with Crippen molar-refractivity contribution in [1.29, 1.82) is 0 Å². The summed E-state index contributed by atoms with van der Waals surface area (Å²) in [5.74, 6) is -0.195. The van der Waals surface area contributed by atoms with Gasteiger partial charge in [0.1, 0.15) is 0 Å². The number of nitrogens with one attached hydrogen (secondary N) is 1. The van der Waals surface area contributed by atoms with Gasteiger partial charge in [-0.05, 0) is 74.6 Å². The van der Waals surface area contributed by atoms with Gasteiger partial charge in [-0.15, -0.1) is 0 Å². The summed E-state index contributed by atoms with van der Waals surface area (Å²) in [6.07, 6.45) is 1.02. The predicted molar refractivity (Wildman–Crippen MR) is 115 cm³/mol. The first-order valence-electron chi connectivity index (χ1n) is 9.81. The number of sulfonamides is 1. The second-order valence-corrected chi connectivity index (χ2v) is 10.1. The lowest BCUT2D eigenvalue weighted by molar-refractivity contribution is -0.126. The molecular formula is C22H27ClN2O3S. The van der Waals surface area contributed by atoms with Crippen LogP contribution in [0.2, 0.25) is 5.02 Å². The van der Waals surface area contributed by atoms with Crippen molar-refractivity contribution in [2.45, 2.75) is 44.6 Å². The molecule has 0 radical (unpaired) electrons. The average Bonchev–Trinajstić information content (AvgIpc) is 2.70. The van der Waals surface area contributed by atoms with Crippen molar-refractivity contribution in [3.05, 3.63) is 64.2 Å². The number of rotatable bonds is 5. The molecule has 2 aromatic carbocycles. The fourth-order valence-electron chi connectivity index (χ4n) is 3.56. The van der Waals surface area contributed by atoms with Crippen LogP contribution in [0.4, 0.5) is 0 Å². The Hall–Kier alpha value is -1.89. The standard InChI is InChI=1S/C22H27ClN2O3S/c1-15-4-5-19(14-16(15)2)17(3)24-22(26)18-10-12-25(13-11-18)29(27,28)21-8-6-20(23)7-9-21/h4-9,14,17-18H,10-13H2,1-3H3,(H,24,26)/t17-/m1/s1. The van der Waals surface area contributed by atoms with Crippen molar-refractivity contribution in [1.82, 2.24) is 9.62 Å². The minimum Gasteiger partial charge on any atom is -0.349 e. The number of carbonyl (C=O) groups is 1. The molecule has 5 nitrogen and oxygen atoms in total. The van der Waals surface area contributed by atoms with E-state index in [0.717, 1.165) is 5.56 Å². The Morgan fingerprint density at radius 2 is 1.69 bits per heavy atom. The maximum absolute atomic E-state index is 12.8. The zero-order valence-corrected chi connectivity index (χ0v) is 18.6. The molecule has 0 bridgehead atoms. The number of benzene rings is 2. The van der Waals surface area contributed by atoms with E-state index in [1.165, 1.54) is 27.6 Å². The number of hydrogen-bond donors (Lipinski definition) is 1. The highest BCUT2D eigenvalue weighted by Gasteiger charge is 2.32. The fraction of sp³-hybridized carbons (Fsp3) is 0.409. The van der Waals surface area contributed by atoms with Gasteiger partial charge < -0.3 is 5.32 Å². The third kappa shape index (κ3) is 5.00.